The van der Waals surface area contributed by atoms with E-state index in [0.29, 0.717) is 12.1 Å². The van der Waals surface area contributed by atoms with Gasteiger partial charge in [0.2, 0.25) is 0 Å². The van der Waals surface area contributed by atoms with Gasteiger partial charge in [-0.15, -0.1) is 0 Å². The molecule has 0 aromatic carbocycles. The molecule has 21 heavy (non-hydrogen) atoms. The van der Waals surface area contributed by atoms with Crippen LogP contribution in [-0.4, -0.2) is 38.5 Å². The number of hydrogen-bond acceptors (Lipinski definition) is 3. The molecule has 2 rings (SSSR count). The Bertz CT molecular complexity index is 260. The van der Waals surface area contributed by atoms with E-state index in [1.165, 1.54) is 51.4 Å². The second-order valence-electron chi connectivity index (χ2n) is 6.75. The summed E-state index contributed by atoms with van der Waals surface area (Å²) in [7, 11) is 0. The molecule has 0 spiro atoms. The summed E-state index contributed by atoms with van der Waals surface area (Å²) in [6.07, 6.45) is 10.9. The van der Waals surface area contributed by atoms with E-state index in [1.54, 1.807) is 0 Å². The molecule has 1 N–H and O–H groups in total. The van der Waals surface area contributed by atoms with Gasteiger partial charge in [0, 0.05) is 25.9 Å². The highest BCUT2D eigenvalue weighted by Gasteiger charge is 2.36. The van der Waals surface area contributed by atoms with Crippen molar-refractivity contribution in [2.45, 2.75) is 77.4 Å². The van der Waals surface area contributed by atoms with Crippen LogP contribution >= 0.6 is 0 Å². The van der Waals surface area contributed by atoms with Crippen LogP contribution in [0.2, 0.25) is 0 Å². The Labute approximate surface area is 131 Å². The van der Waals surface area contributed by atoms with Crippen molar-refractivity contribution in [3.05, 3.63) is 0 Å². The highest BCUT2D eigenvalue weighted by Crippen LogP contribution is 2.33. The Morgan fingerprint density at radius 1 is 1.00 bits per heavy atom. The Balaban J connectivity index is 2.04. The van der Waals surface area contributed by atoms with Gasteiger partial charge in [-0.1, -0.05) is 26.2 Å². The molecular weight excluding hydrogens is 262 g/mol. The summed E-state index contributed by atoms with van der Waals surface area (Å²) in [4.78, 5) is 0. The molecule has 0 aromatic rings. The molecule has 0 radical (unpaired) electrons. The molecule has 3 nitrogen and oxygen atoms in total. The smallest absolute Gasteiger partial charge is 0.0758 e. The van der Waals surface area contributed by atoms with E-state index in [0.717, 1.165) is 38.2 Å². The Kier molecular flexibility index (Phi) is 8.05. The normalized spacial score (nSPS) is 24.9. The van der Waals surface area contributed by atoms with Gasteiger partial charge in [-0.3, -0.25) is 0 Å². The van der Waals surface area contributed by atoms with Crippen molar-refractivity contribution >= 4 is 0 Å². The van der Waals surface area contributed by atoms with Crippen molar-refractivity contribution in [1.29, 1.82) is 0 Å². The van der Waals surface area contributed by atoms with Crippen molar-refractivity contribution in [3.63, 3.8) is 0 Å². The maximum atomic E-state index is 6.29. The first-order valence-electron chi connectivity index (χ1n) is 9.29. The molecule has 2 aliphatic rings. The number of hydrogen-bond donors (Lipinski definition) is 1. The van der Waals surface area contributed by atoms with Gasteiger partial charge in [0.1, 0.15) is 0 Å². The van der Waals surface area contributed by atoms with E-state index in [4.69, 9.17) is 9.47 Å². The standard InChI is InChI=1S/C18H35NO2/c1-3-12-19-17(15-10-13-20-14-11-15)18(21-4-2)16-8-6-5-7-9-16/h15-19H,3-14H2,1-2H3. The summed E-state index contributed by atoms with van der Waals surface area (Å²) in [6.45, 7) is 8.21. The van der Waals surface area contributed by atoms with Gasteiger partial charge in [0.05, 0.1) is 6.10 Å². The number of ether oxygens (including phenoxy) is 2. The molecule has 1 aliphatic carbocycles. The molecule has 3 heteroatoms. The van der Waals surface area contributed by atoms with Gasteiger partial charge in [-0.2, -0.15) is 0 Å². The first kappa shape index (κ1) is 17.2. The Morgan fingerprint density at radius 3 is 2.33 bits per heavy atom. The van der Waals surface area contributed by atoms with E-state index in [2.05, 4.69) is 19.2 Å². The topological polar surface area (TPSA) is 30.5 Å². The highest BCUT2D eigenvalue weighted by atomic mass is 16.5. The Morgan fingerprint density at radius 2 is 1.71 bits per heavy atom. The molecule has 2 atom stereocenters. The maximum absolute atomic E-state index is 6.29. The second kappa shape index (κ2) is 9.81. The van der Waals surface area contributed by atoms with Crippen molar-refractivity contribution < 1.29 is 9.47 Å². The molecule has 0 amide bonds. The minimum absolute atomic E-state index is 0.407. The third kappa shape index (κ3) is 5.22. The fourth-order valence-corrected chi connectivity index (χ4v) is 4.13. The maximum Gasteiger partial charge on any atom is 0.0758 e. The predicted molar refractivity (Wildman–Crippen MR) is 87.6 cm³/mol. The van der Waals surface area contributed by atoms with Gasteiger partial charge in [0.15, 0.2) is 0 Å². The van der Waals surface area contributed by atoms with Crippen LogP contribution in [0, 0.1) is 11.8 Å². The van der Waals surface area contributed by atoms with Crippen molar-refractivity contribution in [3.8, 4) is 0 Å². The molecule has 0 bridgehead atoms. The van der Waals surface area contributed by atoms with Gasteiger partial charge < -0.3 is 14.8 Å². The van der Waals surface area contributed by atoms with Crippen molar-refractivity contribution in [2.24, 2.45) is 11.8 Å². The van der Waals surface area contributed by atoms with Gasteiger partial charge in [-0.25, -0.2) is 0 Å². The van der Waals surface area contributed by atoms with E-state index >= 15 is 0 Å². The fourth-order valence-electron chi connectivity index (χ4n) is 4.13. The van der Waals surface area contributed by atoms with Crippen LogP contribution in [0.5, 0.6) is 0 Å². The zero-order valence-corrected chi connectivity index (χ0v) is 14.1. The molecule has 1 saturated carbocycles. The third-order valence-electron chi connectivity index (χ3n) is 5.23. The average Bonchev–Trinajstić information content (AvgIpc) is 2.56. The molecule has 1 heterocycles. The minimum Gasteiger partial charge on any atom is -0.381 e. The lowest BCUT2D eigenvalue weighted by Crippen LogP contribution is -2.51. The monoisotopic (exact) mass is 297 g/mol. The lowest BCUT2D eigenvalue weighted by molar-refractivity contribution is -0.0479. The van der Waals surface area contributed by atoms with Crippen LogP contribution in [0.15, 0.2) is 0 Å². The lowest BCUT2D eigenvalue weighted by Gasteiger charge is -2.41. The Hall–Kier alpha value is -0.120. The quantitative estimate of drug-likeness (QED) is 0.740. The van der Waals surface area contributed by atoms with E-state index in [1.807, 2.05) is 0 Å². The summed E-state index contributed by atoms with van der Waals surface area (Å²) in [6, 6.07) is 0.525. The summed E-state index contributed by atoms with van der Waals surface area (Å²) in [5, 5.41) is 3.84. The lowest BCUT2D eigenvalue weighted by atomic mass is 9.77. The first-order valence-corrected chi connectivity index (χ1v) is 9.29. The van der Waals surface area contributed by atoms with Crippen LogP contribution < -0.4 is 5.32 Å². The van der Waals surface area contributed by atoms with Crippen LogP contribution in [0.4, 0.5) is 0 Å². The van der Waals surface area contributed by atoms with E-state index in [-0.39, 0.29) is 0 Å². The summed E-state index contributed by atoms with van der Waals surface area (Å²) >= 11 is 0. The van der Waals surface area contributed by atoms with Crippen LogP contribution in [0.25, 0.3) is 0 Å². The SMILES string of the molecule is CCCNC(C1CCOCC1)C(OCC)C1CCCCC1. The zero-order chi connectivity index (χ0) is 14.9. The molecule has 2 fully saturated rings. The van der Waals surface area contributed by atoms with E-state index < -0.39 is 0 Å². The molecule has 1 saturated heterocycles. The molecule has 0 aromatic heterocycles. The first-order chi connectivity index (χ1) is 10.4. The zero-order valence-electron chi connectivity index (χ0n) is 14.1. The van der Waals surface area contributed by atoms with Crippen molar-refractivity contribution in [1.82, 2.24) is 5.32 Å². The highest BCUT2D eigenvalue weighted by molar-refractivity contribution is 4.90. The molecule has 1 aliphatic heterocycles. The van der Waals surface area contributed by atoms with Crippen molar-refractivity contribution in [2.75, 3.05) is 26.4 Å². The summed E-state index contributed by atoms with van der Waals surface area (Å²) in [5.74, 6) is 1.49. The fraction of sp³-hybridized carbons (Fsp3) is 1.00. The number of rotatable bonds is 8. The molecule has 2 unspecified atom stereocenters. The summed E-state index contributed by atoms with van der Waals surface area (Å²) < 4.78 is 11.9. The van der Waals surface area contributed by atoms with Crippen LogP contribution in [0.3, 0.4) is 0 Å². The third-order valence-corrected chi connectivity index (χ3v) is 5.23. The summed E-state index contributed by atoms with van der Waals surface area (Å²) in [5.41, 5.74) is 0. The number of nitrogens with one attached hydrogen (secondary N) is 1. The largest absolute Gasteiger partial charge is 0.381 e. The molecule has 124 valence electrons. The average molecular weight is 297 g/mol. The van der Waals surface area contributed by atoms with Gasteiger partial charge in [-0.05, 0) is 57.4 Å². The second-order valence-corrected chi connectivity index (χ2v) is 6.75. The van der Waals surface area contributed by atoms with Crippen LogP contribution in [-0.2, 0) is 9.47 Å². The van der Waals surface area contributed by atoms with Gasteiger partial charge in [0.25, 0.3) is 0 Å². The van der Waals surface area contributed by atoms with Gasteiger partial charge >= 0.3 is 0 Å². The van der Waals surface area contributed by atoms with E-state index in [9.17, 15) is 0 Å². The minimum atomic E-state index is 0.407. The predicted octanol–water partition coefficient (Wildman–Crippen LogP) is 3.77. The molecular formula is C18H35NO2. The van der Waals surface area contributed by atoms with Crippen LogP contribution in [0.1, 0.15) is 65.2 Å².